The van der Waals surface area contributed by atoms with Gasteiger partial charge in [0.05, 0.1) is 12.2 Å². The molecule has 1 aromatic heterocycles. The first-order valence-corrected chi connectivity index (χ1v) is 7.98. The smallest absolute Gasteiger partial charge is 0.245 e. The number of hydrogen-bond acceptors (Lipinski definition) is 5. The molecule has 0 saturated carbocycles. The van der Waals surface area contributed by atoms with E-state index in [-0.39, 0.29) is 22.1 Å². The van der Waals surface area contributed by atoms with E-state index < -0.39 is 15.6 Å². The van der Waals surface area contributed by atoms with Crippen molar-refractivity contribution in [3.63, 3.8) is 0 Å². The monoisotopic (exact) mass is 315 g/mol. The Balaban J connectivity index is 2.43. The highest BCUT2D eigenvalue weighted by atomic mass is 32.2. The summed E-state index contributed by atoms with van der Waals surface area (Å²) in [6, 6.07) is 3.03. The van der Waals surface area contributed by atoms with E-state index in [0.29, 0.717) is 13.2 Å². The van der Waals surface area contributed by atoms with Crippen molar-refractivity contribution in [3.05, 3.63) is 24.0 Å². The van der Waals surface area contributed by atoms with Crippen molar-refractivity contribution in [2.45, 2.75) is 24.3 Å². The molecule has 20 heavy (non-hydrogen) atoms. The van der Waals surface area contributed by atoms with Gasteiger partial charge < -0.3 is 10.5 Å². The van der Waals surface area contributed by atoms with E-state index in [4.69, 9.17) is 22.7 Å². The van der Waals surface area contributed by atoms with Gasteiger partial charge in [-0.1, -0.05) is 12.2 Å². The van der Waals surface area contributed by atoms with Crippen LogP contribution in [0, 0.1) is 0 Å². The maximum atomic E-state index is 12.7. The summed E-state index contributed by atoms with van der Waals surface area (Å²) in [6.07, 6.45) is 1.47. The van der Waals surface area contributed by atoms with Crippen LogP contribution in [0.4, 0.5) is 0 Å². The fourth-order valence-corrected chi connectivity index (χ4v) is 4.06. The van der Waals surface area contributed by atoms with E-state index in [9.17, 15) is 8.42 Å². The van der Waals surface area contributed by atoms with Gasteiger partial charge in [0.15, 0.2) is 0 Å². The normalized spacial score (nSPS) is 19.7. The third-order valence-corrected chi connectivity index (χ3v) is 5.08. The molecule has 1 aromatic rings. The third-order valence-electron chi connectivity index (χ3n) is 3.01. The molecule has 1 saturated heterocycles. The number of nitrogens with two attached hydrogens (primary N) is 1. The van der Waals surface area contributed by atoms with Crippen molar-refractivity contribution in [3.8, 4) is 0 Å². The Labute approximate surface area is 124 Å². The van der Waals surface area contributed by atoms with Crippen LogP contribution >= 0.6 is 12.2 Å². The van der Waals surface area contributed by atoms with E-state index in [1.165, 1.54) is 16.6 Å². The van der Waals surface area contributed by atoms with Gasteiger partial charge >= 0.3 is 0 Å². The predicted octanol–water partition coefficient (Wildman–Crippen LogP) is 0.515. The zero-order valence-electron chi connectivity index (χ0n) is 11.4. The molecule has 0 amide bonds. The van der Waals surface area contributed by atoms with Crippen LogP contribution in [0.1, 0.15) is 19.5 Å². The minimum absolute atomic E-state index is 0.0308. The van der Waals surface area contributed by atoms with Crippen LogP contribution in [-0.2, 0) is 14.8 Å². The van der Waals surface area contributed by atoms with Crippen LogP contribution in [0.5, 0.6) is 0 Å². The first-order chi connectivity index (χ1) is 9.24. The van der Waals surface area contributed by atoms with Crippen LogP contribution in [0.2, 0.25) is 0 Å². The van der Waals surface area contributed by atoms with Gasteiger partial charge in [0.25, 0.3) is 0 Å². The van der Waals surface area contributed by atoms with Crippen molar-refractivity contribution in [2.24, 2.45) is 5.73 Å². The van der Waals surface area contributed by atoms with Crippen LogP contribution in [0.25, 0.3) is 0 Å². The van der Waals surface area contributed by atoms with E-state index in [1.807, 2.05) is 13.8 Å². The standard InChI is InChI=1S/C12H17N3O3S2/c1-12(2)8-15(6-7-18-12)20(16,17)9-4-3-5-14-10(9)11(13)19/h3-5H,6-8H2,1-2H3,(H2,13,19). The van der Waals surface area contributed by atoms with E-state index in [0.717, 1.165) is 0 Å². The van der Waals surface area contributed by atoms with E-state index in [2.05, 4.69) is 4.98 Å². The number of rotatable bonds is 3. The Morgan fingerprint density at radius 3 is 2.85 bits per heavy atom. The lowest BCUT2D eigenvalue weighted by Gasteiger charge is -2.37. The van der Waals surface area contributed by atoms with Crippen LogP contribution < -0.4 is 5.73 Å². The molecule has 1 fully saturated rings. The molecule has 0 aliphatic carbocycles. The summed E-state index contributed by atoms with van der Waals surface area (Å²) in [5.41, 5.74) is 5.17. The van der Waals surface area contributed by atoms with Gasteiger partial charge in [-0.05, 0) is 26.0 Å². The van der Waals surface area contributed by atoms with E-state index in [1.54, 1.807) is 6.07 Å². The Morgan fingerprint density at radius 1 is 1.55 bits per heavy atom. The zero-order valence-corrected chi connectivity index (χ0v) is 13.0. The Morgan fingerprint density at radius 2 is 2.25 bits per heavy atom. The minimum atomic E-state index is -3.69. The molecule has 2 rings (SSSR count). The molecule has 2 N–H and O–H groups in total. The van der Waals surface area contributed by atoms with Gasteiger partial charge in [0.2, 0.25) is 10.0 Å². The topological polar surface area (TPSA) is 85.5 Å². The second kappa shape index (κ2) is 5.36. The second-order valence-electron chi connectivity index (χ2n) is 5.16. The number of aromatic nitrogens is 1. The summed E-state index contributed by atoms with van der Waals surface area (Å²) in [5, 5.41) is 0. The van der Waals surface area contributed by atoms with Gasteiger partial charge in [-0.2, -0.15) is 4.31 Å². The summed E-state index contributed by atoms with van der Waals surface area (Å²) >= 11 is 4.87. The highest BCUT2D eigenvalue weighted by molar-refractivity contribution is 7.89. The minimum Gasteiger partial charge on any atom is -0.388 e. The molecule has 0 radical (unpaired) electrons. The van der Waals surface area contributed by atoms with Crippen LogP contribution in [0.3, 0.4) is 0 Å². The number of hydrogen-bond donors (Lipinski definition) is 1. The molecule has 1 aliphatic rings. The second-order valence-corrected chi connectivity index (χ2v) is 7.51. The molecule has 0 aromatic carbocycles. The molecular formula is C12H17N3O3S2. The summed E-state index contributed by atoms with van der Waals surface area (Å²) in [7, 11) is -3.69. The molecule has 1 aliphatic heterocycles. The summed E-state index contributed by atoms with van der Waals surface area (Å²) < 4.78 is 32.3. The molecule has 2 heterocycles. The number of sulfonamides is 1. The largest absolute Gasteiger partial charge is 0.388 e. The molecule has 110 valence electrons. The number of thiocarbonyl (C=S) groups is 1. The highest BCUT2D eigenvalue weighted by Gasteiger charge is 2.36. The van der Waals surface area contributed by atoms with Gasteiger partial charge in [0.1, 0.15) is 15.6 Å². The molecule has 0 bridgehead atoms. The Kier molecular flexibility index (Phi) is 4.10. The Bertz CT molecular complexity index is 629. The maximum Gasteiger partial charge on any atom is 0.245 e. The first-order valence-electron chi connectivity index (χ1n) is 6.13. The Hall–Kier alpha value is -1.09. The molecule has 0 atom stereocenters. The van der Waals surface area contributed by atoms with Crippen molar-refractivity contribution in [1.82, 2.24) is 9.29 Å². The SMILES string of the molecule is CC1(C)CN(S(=O)(=O)c2cccnc2C(N)=S)CCO1. The van der Waals surface area contributed by atoms with Gasteiger partial charge in [-0.25, -0.2) is 8.42 Å². The van der Waals surface area contributed by atoms with E-state index >= 15 is 0 Å². The number of morpholine rings is 1. The lowest BCUT2D eigenvalue weighted by Crippen LogP contribution is -2.50. The highest BCUT2D eigenvalue weighted by Crippen LogP contribution is 2.24. The van der Waals surface area contributed by atoms with Gasteiger partial charge in [-0.3, -0.25) is 4.98 Å². The summed E-state index contributed by atoms with van der Waals surface area (Å²) in [6.45, 7) is 4.64. The van der Waals surface area contributed by atoms with Crippen molar-refractivity contribution in [1.29, 1.82) is 0 Å². The van der Waals surface area contributed by atoms with Crippen LogP contribution in [-0.4, -0.2) is 48.0 Å². The zero-order chi connectivity index (χ0) is 15.0. The maximum absolute atomic E-state index is 12.7. The fraction of sp³-hybridized carbons (Fsp3) is 0.500. The molecule has 0 spiro atoms. The molecular weight excluding hydrogens is 298 g/mol. The predicted molar refractivity (Wildman–Crippen MR) is 78.9 cm³/mol. The number of ether oxygens (including phenoxy) is 1. The van der Waals surface area contributed by atoms with Crippen molar-refractivity contribution in [2.75, 3.05) is 19.7 Å². The summed E-state index contributed by atoms with van der Waals surface area (Å²) in [4.78, 5) is 3.99. The van der Waals surface area contributed by atoms with Crippen LogP contribution in [0.15, 0.2) is 23.2 Å². The molecule has 8 heteroatoms. The average molecular weight is 315 g/mol. The quantitative estimate of drug-likeness (QED) is 0.818. The lowest BCUT2D eigenvalue weighted by molar-refractivity contribution is -0.0640. The third kappa shape index (κ3) is 2.98. The summed E-state index contributed by atoms with van der Waals surface area (Å²) in [5.74, 6) is 0. The molecule has 0 unspecified atom stereocenters. The molecule has 6 nitrogen and oxygen atoms in total. The first kappa shape index (κ1) is 15.3. The lowest BCUT2D eigenvalue weighted by atomic mass is 10.1. The van der Waals surface area contributed by atoms with Crippen molar-refractivity contribution < 1.29 is 13.2 Å². The van der Waals surface area contributed by atoms with Gasteiger partial charge in [-0.15, -0.1) is 0 Å². The fourth-order valence-electron chi connectivity index (χ4n) is 2.10. The average Bonchev–Trinajstić information content (AvgIpc) is 2.37. The number of pyridine rings is 1. The van der Waals surface area contributed by atoms with Gasteiger partial charge in [0, 0.05) is 19.3 Å². The van der Waals surface area contributed by atoms with Crippen molar-refractivity contribution >= 4 is 27.2 Å². The number of nitrogens with zero attached hydrogens (tertiary/aromatic N) is 2.